The molecule has 0 aliphatic carbocycles. The van der Waals surface area contributed by atoms with Crippen LogP contribution in [-0.4, -0.2) is 30.6 Å². The Morgan fingerprint density at radius 2 is 1.74 bits per heavy atom. The standard InChI is InChI=1S/C32H32ClNO5/c1-3-5-9-18-38-26-14-12-22(19-27(26)37-4-2)29-28-30(35)24-20-23(33)13-15-25(24)39-31(28)32(36)34(29)17-16-21-10-7-6-8-11-21/h6-8,10-15,19-20,29H,3-5,9,16-18H2,1-2H3. The monoisotopic (exact) mass is 545 g/mol. The number of benzene rings is 3. The highest BCUT2D eigenvalue weighted by Crippen LogP contribution is 2.41. The van der Waals surface area contributed by atoms with Crippen LogP contribution in [0, 0.1) is 0 Å². The molecule has 7 heteroatoms. The van der Waals surface area contributed by atoms with Crippen LogP contribution in [0.4, 0.5) is 0 Å². The van der Waals surface area contributed by atoms with Crippen molar-refractivity contribution in [2.24, 2.45) is 0 Å². The van der Waals surface area contributed by atoms with Gasteiger partial charge in [0.15, 0.2) is 16.9 Å². The molecule has 1 aromatic heterocycles. The predicted molar refractivity (Wildman–Crippen MR) is 153 cm³/mol. The molecule has 1 amide bonds. The van der Waals surface area contributed by atoms with Gasteiger partial charge in [-0.25, -0.2) is 0 Å². The Bertz CT molecular complexity index is 1530. The number of carbonyl (C=O) groups is 1. The normalized spacial score (nSPS) is 14.6. The first-order chi connectivity index (χ1) is 19.0. The number of halogens is 1. The van der Waals surface area contributed by atoms with Crippen LogP contribution in [-0.2, 0) is 6.42 Å². The summed E-state index contributed by atoms with van der Waals surface area (Å²) in [5, 5.41) is 0.782. The molecule has 0 fully saturated rings. The number of ether oxygens (including phenoxy) is 2. The molecule has 5 rings (SSSR count). The summed E-state index contributed by atoms with van der Waals surface area (Å²) in [6.45, 7) is 5.53. The Morgan fingerprint density at radius 3 is 2.51 bits per heavy atom. The van der Waals surface area contributed by atoms with Gasteiger partial charge in [-0.1, -0.05) is 67.8 Å². The van der Waals surface area contributed by atoms with Crippen molar-refractivity contribution in [3.05, 3.63) is 104 Å². The lowest BCUT2D eigenvalue weighted by Gasteiger charge is -2.26. The van der Waals surface area contributed by atoms with E-state index in [9.17, 15) is 9.59 Å². The highest BCUT2D eigenvalue weighted by Gasteiger charge is 2.42. The molecule has 39 heavy (non-hydrogen) atoms. The first-order valence-electron chi connectivity index (χ1n) is 13.5. The first-order valence-corrected chi connectivity index (χ1v) is 13.9. The molecule has 6 nitrogen and oxygen atoms in total. The van der Waals surface area contributed by atoms with Crippen molar-refractivity contribution < 1.29 is 18.7 Å². The molecule has 1 atom stereocenters. The molecule has 0 saturated carbocycles. The van der Waals surface area contributed by atoms with E-state index in [-0.39, 0.29) is 17.1 Å². The molecular formula is C32H32ClNO5. The second-order valence-electron chi connectivity index (χ2n) is 9.65. The number of fused-ring (bicyclic) bond motifs is 2. The summed E-state index contributed by atoms with van der Waals surface area (Å²) in [6, 6.07) is 19.9. The fourth-order valence-corrected chi connectivity index (χ4v) is 5.25. The maximum Gasteiger partial charge on any atom is 0.290 e. The molecule has 202 valence electrons. The Hall–Kier alpha value is -3.77. The number of carbonyl (C=O) groups excluding carboxylic acids is 1. The molecule has 2 heterocycles. The van der Waals surface area contributed by atoms with Crippen LogP contribution >= 0.6 is 11.6 Å². The van der Waals surface area contributed by atoms with E-state index in [4.69, 9.17) is 25.5 Å². The van der Waals surface area contributed by atoms with Crippen molar-refractivity contribution in [2.75, 3.05) is 19.8 Å². The largest absolute Gasteiger partial charge is 0.490 e. The highest BCUT2D eigenvalue weighted by molar-refractivity contribution is 6.31. The summed E-state index contributed by atoms with van der Waals surface area (Å²) in [5.74, 6) is 1.00. The van der Waals surface area contributed by atoms with Crippen LogP contribution in [0.1, 0.15) is 66.4 Å². The molecule has 1 aliphatic rings. The van der Waals surface area contributed by atoms with Gasteiger partial charge in [-0.15, -0.1) is 0 Å². The summed E-state index contributed by atoms with van der Waals surface area (Å²) in [6.07, 6.45) is 3.79. The summed E-state index contributed by atoms with van der Waals surface area (Å²) in [4.78, 5) is 29.3. The van der Waals surface area contributed by atoms with Gasteiger partial charge in [0, 0.05) is 11.6 Å². The molecule has 0 N–H and O–H groups in total. The molecule has 0 spiro atoms. The van der Waals surface area contributed by atoms with E-state index in [1.54, 1.807) is 23.1 Å². The number of nitrogens with zero attached hydrogens (tertiary/aromatic N) is 1. The summed E-state index contributed by atoms with van der Waals surface area (Å²) < 4.78 is 18.0. The molecular weight excluding hydrogens is 514 g/mol. The van der Waals surface area contributed by atoms with Gasteiger partial charge in [-0.3, -0.25) is 9.59 Å². The Balaban J connectivity index is 1.59. The summed E-state index contributed by atoms with van der Waals surface area (Å²) in [7, 11) is 0. The van der Waals surface area contributed by atoms with Crippen LogP contribution in [0.25, 0.3) is 11.0 Å². The molecule has 0 bridgehead atoms. The zero-order chi connectivity index (χ0) is 27.4. The minimum Gasteiger partial charge on any atom is -0.490 e. The van der Waals surface area contributed by atoms with Crippen LogP contribution in [0.5, 0.6) is 11.5 Å². The van der Waals surface area contributed by atoms with Crippen molar-refractivity contribution in [1.29, 1.82) is 0 Å². The first kappa shape index (κ1) is 26.8. The van der Waals surface area contributed by atoms with Gasteiger partial charge in [0.05, 0.1) is 30.2 Å². The van der Waals surface area contributed by atoms with Crippen LogP contribution in [0.2, 0.25) is 5.02 Å². The number of unbranched alkanes of at least 4 members (excludes halogenated alkanes) is 2. The maximum absolute atomic E-state index is 13.8. The van der Waals surface area contributed by atoms with Gasteiger partial charge in [-0.05, 0) is 61.2 Å². The average molecular weight is 546 g/mol. The van der Waals surface area contributed by atoms with Gasteiger partial charge in [0.2, 0.25) is 5.76 Å². The van der Waals surface area contributed by atoms with Gasteiger partial charge < -0.3 is 18.8 Å². The molecule has 0 saturated heterocycles. The lowest BCUT2D eigenvalue weighted by atomic mass is 9.97. The van der Waals surface area contributed by atoms with Crippen molar-refractivity contribution in [2.45, 2.75) is 45.6 Å². The molecule has 1 aliphatic heterocycles. The van der Waals surface area contributed by atoms with E-state index in [1.807, 2.05) is 55.5 Å². The van der Waals surface area contributed by atoms with Crippen molar-refractivity contribution in [1.82, 2.24) is 4.90 Å². The number of hydrogen-bond acceptors (Lipinski definition) is 5. The SMILES string of the molecule is CCCCCOc1ccc(C2c3c(oc4ccc(Cl)cc4c3=O)C(=O)N2CCc2ccccc2)cc1OCC. The van der Waals surface area contributed by atoms with E-state index >= 15 is 0 Å². The number of amides is 1. The summed E-state index contributed by atoms with van der Waals surface area (Å²) in [5.41, 5.74) is 2.26. The third-order valence-corrected chi connectivity index (χ3v) is 7.24. The fraction of sp³-hybridized carbons (Fsp3) is 0.312. The van der Waals surface area contributed by atoms with Gasteiger partial charge in [0.1, 0.15) is 5.58 Å². The van der Waals surface area contributed by atoms with Gasteiger partial charge in [0.25, 0.3) is 5.91 Å². The number of rotatable bonds is 11. The van der Waals surface area contributed by atoms with Crippen molar-refractivity contribution in [3.63, 3.8) is 0 Å². The van der Waals surface area contributed by atoms with Crippen LogP contribution in [0.15, 0.2) is 75.9 Å². The van der Waals surface area contributed by atoms with Crippen LogP contribution in [0.3, 0.4) is 0 Å². The molecule has 3 aromatic carbocycles. The molecule has 1 unspecified atom stereocenters. The number of hydrogen-bond donors (Lipinski definition) is 0. The van der Waals surface area contributed by atoms with E-state index in [0.29, 0.717) is 59.2 Å². The van der Waals surface area contributed by atoms with Crippen molar-refractivity contribution in [3.8, 4) is 11.5 Å². The van der Waals surface area contributed by atoms with E-state index in [0.717, 1.165) is 30.4 Å². The Kier molecular flexibility index (Phi) is 8.22. The zero-order valence-electron chi connectivity index (χ0n) is 22.2. The highest BCUT2D eigenvalue weighted by atomic mass is 35.5. The minimum absolute atomic E-state index is 0.0748. The third-order valence-electron chi connectivity index (χ3n) is 7.00. The van der Waals surface area contributed by atoms with E-state index in [2.05, 4.69) is 6.92 Å². The molecule has 4 aromatic rings. The topological polar surface area (TPSA) is 69.0 Å². The van der Waals surface area contributed by atoms with Crippen molar-refractivity contribution >= 4 is 28.5 Å². The van der Waals surface area contributed by atoms with Gasteiger partial charge >= 0.3 is 0 Å². The predicted octanol–water partition coefficient (Wildman–Crippen LogP) is 7.20. The smallest absolute Gasteiger partial charge is 0.290 e. The Morgan fingerprint density at radius 1 is 0.923 bits per heavy atom. The van der Waals surface area contributed by atoms with E-state index in [1.165, 1.54) is 0 Å². The maximum atomic E-state index is 13.8. The second-order valence-corrected chi connectivity index (χ2v) is 10.1. The van der Waals surface area contributed by atoms with Crippen LogP contribution < -0.4 is 14.9 Å². The fourth-order valence-electron chi connectivity index (χ4n) is 5.08. The quantitative estimate of drug-likeness (QED) is 0.186. The summed E-state index contributed by atoms with van der Waals surface area (Å²) >= 11 is 6.22. The zero-order valence-corrected chi connectivity index (χ0v) is 23.0. The van der Waals surface area contributed by atoms with E-state index < -0.39 is 6.04 Å². The minimum atomic E-state index is -0.635. The lowest BCUT2D eigenvalue weighted by molar-refractivity contribution is 0.0729. The van der Waals surface area contributed by atoms with Gasteiger partial charge in [-0.2, -0.15) is 0 Å². The molecule has 0 radical (unpaired) electrons. The average Bonchev–Trinajstić information content (AvgIpc) is 3.23. The second kappa shape index (κ2) is 12.0. The Labute approximate surface area is 233 Å². The third kappa shape index (κ3) is 5.52. The lowest BCUT2D eigenvalue weighted by Crippen LogP contribution is -2.31.